The number of hydrogen-bond acceptors (Lipinski definition) is 4. The Balaban J connectivity index is 1.70. The lowest BCUT2D eigenvalue weighted by molar-refractivity contribution is -0.148. The molecule has 1 saturated carbocycles. The predicted octanol–water partition coefficient (Wildman–Crippen LogP) is 2.95. The molecule has 0 bridgehead atoms. The molecule has 1 amide bonds. The van der Waals surface area contributed by atoms with E-state index < -0.39 is 6.04 Å². The van der Waals surface area contributed by atoms with Crippen LogP contribution in [0.25, 0.3) is 11.1 Å². The lowest BCUT2D eigenvalue weighted by atomic mass is 9.73. The molecule has 1 heterocycles. The topological polar surface area (TPSA) is 73.6 Å². The fraction of sp³-hybridized carbons (Fsp3) is 0.364. The zero-order valence-corrected chi connectivity index (χ0v) is 15.2. The largest absolute Gasteiger partial charge is 0.497 e. The number of hydrogen-bond donors (Lipinski definition) is 1. The van der Waals surface area contributed by atoms with E-state index in [0.717, 1.165) is 35.3 Å². The second-order valence-corrected chi connectivity index (χ2v) is 7.19. The first kappa shape index (κ1) is 17.6. The summed E-state index contributed by atoms with van der Waals surface area (Å²) in [6, 6.07) is 17.1. The van der Waals surface area contributed by atoms with Gasteiger partial charge in [0.1, 0.15) is 11.8 Å². The molecule has 0 spiro atoms. The number of aliphatic hydroxyl groups excluding tert-OH is 1. The quantitative estimate of drug-likeness (QED) is 0.887. The van der Waals surface area contributed by atoms with Gasteiger partial charge in [-0.3, -0.25) is 4.79 Å². The van der Waals surface area contributed by atoms with E-state index in [1.54, 1.807) is 12.0 Å². The molecule has 3 atom stereocenters. The van der Waals surface area contributed by atoms with Crippen molar-refractivity contribution in [2.24, 2.45) is 5.92 Å². The summed E-state index contributed by atoms with van der Waals surface area (Å²) in [6.45, 7) is -0.141. The summed E-state index contributed by atoms with van der Waals surface area (Å²) in [6.07, 6.45) is 1.78. The van der Waals surface area contributed by atoms with E-state index in [4.69, 9.17) is 4.74 Å². The van der Waals surface area contributed by atoms with Crippen LogP contribution in [-0.2, 0) is 4.79 Å². The van der Waals surface area contributed by atoms with Gasteiger partial charge >= 0.3 is 0 Å². The highest BCUT2D eigenvalue weighted by atomic mass is 16.5. The van der Waals surface area contributed by atoms with Gasteiger partial charge in [-0.1, -0.05) is 36.4 Å². The van der Waals surface area contributed by atoms with Crippen LogP contribution in [0.4, 0.5) is 0 Å². The number of aliphatic hydroxyl groups is 1. The van der Waals surface area contributed by atoms with Gasteiger partial charge in [-0.25, -0.2) is 0 Å². The fourth-order valence-electron chi connectivity index (χ4n) is 4.05. The van der Waals surface area contributed by atoms with Gasteiger partial charge in [0.15, 0.2) is 0 Å². The summed E-state index contributed by atoms with van der Waals surface area (Å²) >= 11 is 0. The number of likely N-dealkylation sites (tertiary alicyclic amines) is 1. The van der Waals surface area contributed by atoms with Crippen molar-refractivity contribution < 1.29 is 14.6 Å². The second kappa shape index (κ2) is 7.05. The van der Waals surface area contributed by atoms with Crippen LogP contribution in [0.15, 0.2) is 48.5 Å². The molecule has 0 radical (unpaired) electrons. The van der Waals surface area contributed by atoms with E-state index in [9.17, 15) is 15.2 Å². The van der Waals surface area contributed by atoms with E-state index in [1.807, 2.05) is 48.5 Å². The molecule has 1 aliphatic carbocycles. The molecule has 4 rings (SSSR count). The number of carbonyl (C=O) groups is 1. The van der Waals surface area contributed by atoms with Crippen LogP contribution in [0.5, 0.6) is 5.75 Å². The highest BCUT2D eigenvalue weighted by Crippen LogP contribution is 2.46. The highest BCUT2D eigenvalue weighted by Gasteiger charge is 2.54. The Labute approximate surface area is 158 Å². The van der Waals surface area contributed by atoms with Gasteiger partial charge in [-0.15, -0.1) is 0 Å². The molecule has 2 aliphatic rings. The Morgan fingerprint density at radius 1 is 1.22 bits per heavy atom. The third kappa shape index (κ3) is 2.96. The minimum atomic E-state index is -0.533. The van der Waals surface area contributed by atoms with E-state index in [1.165, 1.54) is 0 Å². The molecule has 1 aliphatic heterocycles. The average Bonchev–Trinajstić information content (AvgIpc) is 3.54. The molecular weight excluding hydrogens is 340 g/mol. The number of nitriles is 1. The van der Waals surface area contributed by atoms with E-state index in [2.05, 4.69) is 6.07 Å². The zero-order valence-electron chi connectivity index (χ0n) is 15.2. The maximum atomic E-state index is 12.6. The standard InChI is InChI=1S/C22H22N2O3/c1-27-16-10-8-14(9-11-16)17-4-2-3-5-18(17)21-19(12-23)24(20(21)13-25)22(26)15-6-7-15/h2-5,8-11,15,19-21,25H,6-7,13H2,1H3/t19-,20-,21+/m0/s1. The number of benzene rings is 2. The van der Waals surface area contributed by atoms with Crippen LogP contribution in [0, 0.1) is 17.2 Å². The molecule has 1 N–H and O–H groups in total. The maximum Gasteiger partial charge on any atom is 0.227 e. The van der Waals surface area contributed by atoms with Gasteiger partial charge in [0.2, 0.25) is 5.91 Å². The highest BCUT2D eigenvalue weighted by molar-refractivity contribution is 5.84. The number of carbonyl (C=O) groups excluding carboxylic acids is 1. The Morgan fingerprint density at radius 3 is 2.52 bits per heavy atom. The third-order valence-electron chi connectivity index (χ3n) is 5.63. The van der Waals surface area contributed by atoms with Crippen molar-refractivity contribution in [3.63, 3.8) is 0 Å². The number of ether oxygens (including phenoxy) is 1. The zero-order chi connectivity index (χ0) is 19.0. The first-order valence-electron chi connectivity index (χ1n) is 9.25. The first-order valence-corrected chi connectivity index (χ1v) is 9.25. The lowest BCUT2D eigenvalue weighted by Crippen LogP contribution is -2.65. The van der Waals surface area contributed by atoms with Crippen LogP contribution in [-0.4, -0.2) is 41.7 Å². The van der Waals surface area contributed by atoms with Gasteiger partial charge in [0, 0.05) is 11.8 Å². The number of methoxy groups -OCH3 is 1. The van der Waals surface area contributed by atoms with Crippen LogP contribution >= 0.6 is 0 Å². The second-order valence-electron chi connectivity index (χ2n) is 7.19. The van der Waals surface area contributed by atoms with E-state index in [0.29, 0.717) is 0 Å². The van der Waals surface area contributed by atoms with Gasteiger partial charge in [0.05, 0.1) is 25.8 Å². The molecule has 5 nitrogen and oxygen atoms in total. The number of rotatable bonds is 5. The third-order valence-corrected chi connectivity index (χ3v) is 5.63. The SMILES string of the molecule is COc1ccc(-c2ccccc2[C@@H]2[C@H](C#N)N(C(=O)C3CC3)[C@H]2CO)cc1. The molecule has 5 heteroatoms. The van der Waals surface area contributed by atoms with Crippen molar-refractivity contribution in [2.75, 3.05) is 13.7 Å². The normalized spacial score (nSPS) is 24.0. The van der Waals surface area contributed by atoms with Crippen molar-refractivity contribution in [1.29, 1.82) is 5.26 Å². The maximum absolute atomic E-state index is 12.6. The first-order chi connectivity index (χ1) is 13.2. The van der Waals surface area contributed by atoms with Gasteiger partial charge in [-0.2, -0.15) is 5.26 Å². The van der Waals surface area contributed by atoms with Crippen LogP contribution in [0.2, 0.25) is 0 Å². The predicted molar refractivity (Wildman–Crippen MR) is 101 cm³/mol. The summed E-state index contributed by atoms with van der Waals surface area (Å²) in [5, 5.41) is 19.7. The Morgan fingerprint density at radius 2 is 1.93 bits per heavy atom. The fourth-order valence-corrected chi connectivity index (χ4v) is 4.05. The van der Waals surface area contributed by atoms with E-state index >= 15 is 0 Å². The van der Waals surface area contributed by atoms with Crippen molar-refractivity contribution in [3.8, 4) is 22.9 Å². The number of amides is 1. The van der Waals surface area contributed by atoms with Crippen LogP contribution in [0.3, 0.4) is 0 Å². The summed E-state index contributed by atoms with van der Waals surface area (Å²) < 4.78 is 5.23. The Kier molecular flexibility index (Phi) is 4.59. The van der Waals surface area contributed by atoms with Crippen molar-refractivity contribution in [1.82, 2.24) is 4.90 Å². The lowest BCUT2D eigenvalue weighted by Gasteiger charge is -2.52. The molecule has 0 aromatic heterocycles. The van der Waals surface area contributed by atoms with E-state index in [-0.39, 0.29) is 30.4 Å². The Bertz CT molecular complexity index is 883. The van der Waals surface area contributed by atoms with Gasteiger partial charge in [0.25, 0.3) is 0 Å². The molecular formula is C22H22N2O3. The number of nitrogens with zero attached hydrogens (tertiary/aromatic N) is 2. The summed E-state index contributed by atoms with van der Waals surface area (Å²) in [5.41, 5.74) is 3.03. The van der Waals surface area contributed by atoms with Crippen LogP contribution < -0.4 is 4.74 Å². The summed E-state index contributed by atoms with van der Waals surface area (Å²) in [4.78, 5) is 14.2. The molecule has 2 aromatic carbocycles. The minimum absolute atomic E-state index is 0.0128. The van der Waals surface area contributed by atoms with Gasteiger partial charge < -0.3 is 14.7 Å². The molecule has 27 heavy (non-hydrogen) atoms. The molecule has 2 aromatic rings. The summed E-state index contributed by atoms with van der Waals surface area (Å²) in [5.74, 6) is 0.636. The van der Waals surface area contributed by atoms with Gasteiger partial charge in [-0.05, 0) is 41.7 Å². The average molecular weight is 362 g/mol. The molecule has 2 fully saturated rings. The minimum Gasteiger partial charge on any atom is -0.497 e. The van der Waals surface area contributed by atoms with Crippen molar-refractivity contribution >= 4 is 5.91 Å². The van der Waals surface area contributed by atoms with Crippen molar-refractivity contribution in [3.05, 3.63) is 54.1 Å². The Hall–Kier alpha value is -2.84. The van der Waals surface area contributed by atoms with Crippen molar-refractivity contribution in [2.45, 2.75) is 30.8 Å². The van der Waals surface area contributed by atoms with Crippen LogP contribution in [0.1, 0.15) is 24.3 Å². The molecule has 0 unspecified atom stereocenters. The monoisotopic (exact) mass is 362 g/mol. The molecule has 1 saturated heterocycles. The smallest absolute Gasteiger partial charge is 0.227 e. The molecule has 138 valence electrons. The summed E-state index contributed by atoms with van der Waals surface area (Å²) in [7, 11) is 1.63.